The van der Waals surface area contributed by atoms with Gasteiger partial charge in [-0.2, -0.15) is 0 Å². The summed E-state index contributed by atoms with van der Waals surface area (Å²) in [7, 11) is 0. The molecule has 0 aromatic heterocycles. The lowest BCUT2D eigenvalue weighted by molar-refractivity contribution is 0.728. The maximum absolute atomic E-state index is 6.88. The van der Waals surface area contributed by atoms with Gasteiger partial charge in [0.25, 0.3) is 0 Å². The second-order valence-electron chi connectivity index (χ2n) is 1.73. The highest BCUT2D eigenvalue weighted by Crippen LogP contribution is 2.05. The first kappa shape index (κ1) is 5.82. The summed E-state index contributed by atoms with van der Waals surface area (Å²) in [4.78, 5) is 1.64. The topological polar surface area (TPSA) is 27.1 Å². The molecule has 0 radical (unpaired) electrons. The van der Waals surface area contributed by atoms with Crippen LogP contribution >= 0.6 is 0 Å². The fourth-order valence-corrected chi connectivity index (χ4v) is 0.617. The molecular formula is C7H8N2. The number of rotatable bonds is 1. The van der Waals surface area contributed by atoms with Crippen molar-refractivity contribution in [1.29, 1.82) is 5.41 Å². The second kappa shape index (κ2) is 2.31. The van der Waals surface area contributed by atoms with Crippen LogP contribution in [0.3, 0.4) is 0 Å². The lowest BCUT2D eigenvalue weighted by atomic mass is 10.3. The average Bonchev–Trinajstić information content (AvgIpc) is 1.89. The van der Waals surface area contributed by atoms with Crippen LogP contribution in [-0.4, -0.2) is 11.2 Å². The van der Waals surface area contributed by atoms with E-state index in [9.17, 15) is 0 Å². The fraction of sp³-hybridized carbons (Fsp3) is 0. The molecular weight excluding hydrogens is 112 g/mol. The van der Waals surface area contributed by atoms with Crippen LogP contribution in [-0.2, 0) is 0 Å². The highest BCUT2D eigenvalue weighted by atomic mass is 15.1. The van der Waals surface area contributed by atoms with Crippen LogP contribution in [0.2, 0.25) is 0 Å². The van der Waals surface area contributed by atoms with Gasteiger partial charge in [-0.1, -0.05) is 12.7 Å². The van der Waals surface area contributed by atoms with Gasteiger partial charge >= 0.3 is 0 Å². The summed E-state index contributed by atoms with van der Waals surface area (Å²) >= 11 is 0. The Labute approximate surface area is 54.3 Å². The molecule has 0 atom stereocenters. The molecule has 0 bridgehead atoms. The Hall–Kier alpha value is -1.31. The molecule has 0 aromatic carbocycles. The van der Waals surface area contributed by atoms with E-state index in [4.69, 9.17) is 5.41 Å². The molecule has 1 aliphatic heterocycles. The van der Waals surface area contributed by atoms with Crippen LogP contribution in [0.5, 0.6) is 0 Å². The Morgan fingerprint density at radius 3 is 2.78 bits per heavy atom. The molecule has 0 fully saturated rings. The third-order valence-electron chi connectivity index (χ3n) is 1.12. The molecule has 9 heavy (non-hydrogen) atoms. The monoisotopic (exact) mass is 120 g/mol. The van der Waals surface area contributed by atoms with Crippen molar-refractivity contribution in [2.24, 2.45) is 0 Å². The zero-order valence-corrected chi connectivity index (χ0v) is 5.04. The van der Waals surface area contributed by atoms with Gasteiger partial charge in [0.2, 0.25) is 0 Å². The van der Waals surface area contributed by atoms with Gasteiger partial charge in [0.1, 0.15) is 0 Å². The van der Waals surface area contributed by atoms with Crippen molar-refractivity contribution in [3.8, 4) is 0 Å². The van der Waals surface area contributed by atoms with Crippen molar-refractivity contribution < 1.29 is 0 Å². The SMILES string of the molecule is C=C1C=CC=CN1C=N. The van der Waals surface area contributed by atoms with Gasteiger partial charge in [0.05, 0.1) is 6.34 Å². The summed E-state index contributed by atoms with van der Waals surface area (Å²) in [5.41, 5.74) is 0.826. The number of hydrogen-bond donors (Lipinski definition) is 1. The minimum absolute atomic E-state index is 0.826. The summed E-state index contributed by atoms with van der Waals surface area (Å²) in [5, 5.41) is 6.88. The number of hydrogen-bond acceptors (Lipinski definition) is 1. The van der Waals surface area contributed by atoms with E-state index < -0.39 is 0 Å². The van der Waals surface area contributed by atoms with E-state index in [-0.39, 0.29) is 0 Å². The van der Waals surface area contributed by atoms with E-state index in [0.29, 0.717) is 0 Å². The second-order valence-corrected chi connectivity index (χ2v) is 1.73. The van der Waals surface area contributed by atoms with Crippen LogP contribution in [0, 0.1) is 5.41 Å². The Balaban J connectivity index is 2.77. The Morgan fingerprint density at radius 1 is 1.56 bits per heavy atom. The summed E-state index contributed by atoms with van der Waals surface area (Å²) < 4.78 is 0. The Morgan fingerprint density at radius 2 is 2.33 bits per heavy atom. The Bertz CT molecular complexity index is 189. The molecule has 0 saturated carbocycles. The number of nitrogens with zero attached hydrogens (tertiary/aromatic N) is 1. The highest BCUT2D eigenvalue weighted by molar-refractivity contribution is 5.58. The van der Waals surface area contributed by atoms with Crippen molar-refractivity contribution in [1.82, 2.24) is 4.90 Å². The first-order valence-corrected chi connectivity index (χ1v) is 2.67. The molecule has 0 saturated heterocycles. The van der Waals surface area contributed by atoms with Crippen molar-refractivity contribution in [2.45, 2.75) is 0 Å². The van der Waals surface area contributed by atoms with E-state index in [1.54, 1.807) is 11.1 Å². The summed E-state index contributed by atoms with van der Waals surface area (Å²) in [6.45, 7) is 3.70. The molecule has 0 aliphatic carbocycles. The van der Waals surface area contributed by atoms with Gasteiger partial charge in [-0.3, -0.25) is 5.41 Å². The fourth-order valence-electron chi connectivity index (χ4n) is 0.617. The predicted octanol–water partition coefficient (Wildman–Crippen LogP) is 1.49. The minimum atomic E-state index is 0.826. The third-order valence-corrected chi connectivity index (χ3v) is 1.12. The normalized spacial score (nSPS) is 16.4. The molecule has 2 heteroatoms. The van der Waals surface area contributed by atoms with Gasteiger partial charge in [-0.15, -0.1) is 0 Å². The molecule has 1 aliphatic rings. The van der Waals surface area contributed by atoms with Crippen LogP contribution in [0.4, 0.5) is 0 Å². The lowest BCUT2D eigenvalue weighted by Crippen LogP contribution is -2.12. The lowest BCUT2D eigenvalue weighted by Gasteiger charge is -2.15. The van der Waals surface area contributed by atoms with Crippen LogP contribution in [0.25, 0.3) is 0 Å². The van der Waals surface area contributed by atoms with Gasteiger partial charge < -0.3 is 4.90 Å². The van der Waals surface area contributed by atoms with Crippen LogP contribution in [0.15, 0.2) is 36.7 Å². The van der Waals surface area contributed by atoms with E-state index in [1.165, 1.54) is 6.34 Å². The van der Waals surface area contributed by atoms with Crippen molar-refractivity contribution in [3.63, 3.8) is 0 Å². The molecule has 0 amide bonds. The summed E-state index contributed by atoms with van der Waals surface area (Å²) in [6.07, 6.45) is 8.62. The van der Waals surface area contributed by atoms with Gasteiger partial charge in [-0.25, -0.2) is 0 Å². The number of nitrogens with one attached hydrogen (secondary N) is 1. The van der Waals surface area contributed by atoms with Crippen LogP contribution < -0.4 is 0 Å². The summed E-state index contributed by atoms with van der Waals surface area (Å²) in [6, 6.07) is 0. The largest absolute Gasteiger partial charge is 0.309 e. The Kier molecular flexibility index (Phi) is 1.49. The quantitative estimate of drug-likeness (QED) is 0.412. The molecule has 1 rings (SSSR count). The standard InChI is InChI=1S/C7H8N2/c1-7-4-2-3-5-9(7)6-8/h2-6,8H,1H2. The molecule has 0 aromatic rings. The zero-order chi connectivity index (χ0) is 6.69. The smallest absolute Gasteiger partial charge is 0.0902 e. The molecule has 1 heterocycles. The van der Waals surface area contributed by atoms with E-state index in [2.05, 4.69) is 6.58 Å². The van der Waals surface area contributed by atoms with Crippen molar-refractivity contribution in [3.05, 3.63) is 36.7 Å². The van der Waals surface area contributed by atoms with Crippen molar-refractivity contribution in [2.75, 3.05) is 0 Å². The highest BCUT2D eigenvalue weighted by Gasteiger charge is 1.97. The molecule has 0 spiro atoms. The molecule has 2 nitrogen and oxygen atoms in total. The van der Waals surface area contributed by atoms with Gasteiger partial charge in [0, 0.05) is 11.9 Å². The van der Waals surface area contributed by atoms with E-state index >= 15 is 0 Å². The predicted molar refractivity (Wildman–Crippen MR) is 38.0 cm³/mol. The van der Waals surface area contributed by atoms with Gasteiger partial charge in [-0.05, 0) is 12.2 Å². The minimum Gasteiger partial charge on any atom is -0.309 e. The number of allylic oxidation sites excluding steroid dienone is 3. The van der Waals surface area contributed by atoms with Crippen LogP contribution in [0.1, 0.15) is 0 Å². The van der Waals surface area contributed by atoms with E-state index in [0.717, 1.165) is 5.70 Å². The summed E-state index contributed by atoms with van der Waals surface area (Å²) in [5.74, 6) is 0. The van der Waals surface area contributed by atoms with E-state index in [1.807, 2.05) is 18.2 Å². The van der Waals surface area contributed by atoms with Gasteiger partial charge in [0.15, 0.2) is 0 Å². The third kappa shape index (κ3) is 1.08. The first-order valence-electron chi connectivity index (χ1n) is 2.67. The first-order chi connectivity index (χ1) is 4.34. The molecule has 1 N–H and O–H groups in total. The molecule has 0 unspecified atom stereocenters. The van der Waals surface area contributed by atoms with Crippen molar-refractivity contribution >= 4 is 6.34 Å². The zero-order valence-electron chi connectivity index (χ0n) is 5.04. The maximum Gasteiger partial charge on any atom is 0.0902 e. The maximum atomic E-state index is 6.88. The average molecular weight is 120 g/mol. The molecule has 46 valence electrons.